The average molecular weight is 473 g/mol. The Morgan fingerprint density at radius 3 is 2.46 bits per heavy atom. The normalized spacial score (nSPS) is 20.3. The Kier molecular flexibility index (Phi) is 6.09. The highest BCUT2D eigenvalue weighted by Gasteiger charge is 2.52. The molecule has 1 nitrogen and oxygen atoms in total. The van der Waals surface area contributed by atoms with E-state index in [4.69, 9.17) is 0 Å². The lowest BCUT2D eigenvalue weighted by molar-refractivity contribution is -0.697. The summed E-state index contributed by atoms with van der Waals surface area (Å²) in [6.45, 7) is 16.8. The molecular weight excluding hydrogens is 429 g/mol. The molecule has 0 radical (unpaired) electrons. The van der Waals surface area contributed by atoms with Crippen LogP contribution in [-0.4, -0.2) is 0 Å². The fraction of sp³-hybridized carbons (Fsp3) is 0.545. The van der Waals surface area contributed by atoms with Crippen LogP contribution in [0.1, 0.15) is 108 Å². The Bertz CT molecular complexity index is 1300. The maximum atomic E-state index is 16.3. The molecule has 0 N–H and O–H groups in total. The molecule has 2 heterocycles. The third-order valence-electron chi connectivity index (χ3n) is 9.52. The molecule has 0 saturated carbocycles. The summed E-state index contributed by atoms with van der Waals surface area (Å²) in [5, 5.41) is 2.66. The Morgan fingerprint density at radius 2 is 1.80 bits per heavy atom. The third kappa shape index (κ3) is 3.35. The summed E-state index contributed by atoms with van der Waals surface area (Å²) in [5.41, 5.74) is 7.97. The number of nitrogens with zero attached hydrogens (tertiary/aromatic N) is 1. The second-order valence-electron chi connectivity index (χ2n) is 11.8. The maximum absolute atomic E-state index is 16.3. The largest absolute Gasteiger partial charge is 0.221 e. The summed E-state index contributed by atoms with van der Waals surface area (Å²) >= 11 is 0. The van der Waals surface area contributed by atoms with E-state index in [0.717, 1.165) is 36.9 Å². The standard InChI is InChI=1S/C33H43FN/c1-8-12-14-22-18-23-15-16-35-20-33(11-4,24(10-3)13-9-2)26-17-21(5)30(34)29-28(26)31(35)27(23)25(19-22)32(29,6)7/h15-19,24H,8-14,20H2,1-7H3/q+1. The molecule has 1 aromatic heterocycles. The van der Waals surface area contributed by atoms with Crippen LogP contribution in [0.25, 0.3) is 22.0 Å². The molecule has 1 aliphatic carbocycles. The predicted molar refractivity (Wildman–Crippen MR) is 146 cm³/mol. The molecular formula is C33H43FN+. The summed E-state index contributed by atoms with van der Waals surface area (Å²) in [5.74, 6) is 0.584. The van der Waals surface area contributed by atoms with Crippen LogP contribution in [0.5, 0.6) is 0 Å². The highest BCUT2D eigenvalue weighted by molar-refractivity contribution is 6.01. The second-order valence-corrected chi connectivity index (χ2v) is 11.8. The van der Waals surface area contributed by atoms with Gasteiger partial charge >= 0.3 is 0 Å². The summed E-state index contributed by atoms with van der Waals surface area (Å²) in [7, 11) is 0. The van der Waals surface area contributed by atoms with E-state index in [-0.39, 0.29) is 16.6 Å². The van der Waals surface area contributed by atoms with Crippen LogP contribution < -0.4 is 4.57 Å². The van der Waals surface area contributed by atoms with Gasteiger partial charge in [-0.3, -0.25) is 0 Å². The Hall–Kier alpha value is -2.22. The quantitative estimate of drug-likeness (QED) is 0.289. The topological polar surface area (TPSA) is 3.88 Å². The summed E-state index contributed by atoms with van der Waals surface area (Å²) in [6.07, 6.45) is 10.4. The Labute approximate surface area is 211 Å². The number of hydrogen-bond donors (Lipinski definition) is 0. The minimum atomic E-state index is -0.379. The Morgan fingerprint density at radius 1 is 1.03 bits per heavy atom. The third-order valence-corrected chi connectivity index (χ3v) is 9.52. The zero-order chi connectivity index (χ0) is 25.1. The van der Waals surface area contributed by atoms with Crippen LogP contribution in [0.3, 0.4) is 0 Å². The van der Waals surface area contributed by atoms with Gasteiger partial charge in [0.1, 0.15) is 5.82 Å². The van der Waals surface area contributed by atoms with Crippen molar-refractivity contribution in [2.45, 2.75) is 111 Å². The molecule has 2 unspecified atom stereocenters. The number of aromatic nitrogens is 1. The SMILES string of the molecule is CCCCc1cc2c3c4[n+](ccc3c1)CC(CC)(C(CC)CCC)c1cc(C)c(F)c(c1-4)C2(C)C. The van der Waals surface area contributed by atoms with Crippen LogP contribution >= 0.6 is 0 Å². The first-order valence-corrected chi connectivity index (χ1v) is 14.1. The highest BCUT2D eigenvalue weighted by Crippen LogP contribution is 2.56. The van der Waals surface area contributed by atoms with E-state index in [1.807, 2.05) is 6.92 Å². The summed E-state index contributed by atoms with van der Waals surface area (Å²) < 4.78 is 18.8. The molecule has 2 aliphatic rings. The van der Waals surface area contributed by atoms with Crippen LogP contribution in [-0.2, 0) is 23.8 Å². The molecule has 0 spiro atoms. The predicted octanol–water partition coefficient (Wildman–Crippen LogP) is 8.71. The zero-order valence-corrected chi connectivity index (χ0v) is 22.9. The minimum Gasteiger partial charge on any atom is -0.206 e. The number of pyridine rings is 1. The van der Waals surface area contributed by atoms with Gasteiger partial charge in [0.15, 0.2) is 12.7 Å². The lowest BCUT2D eigenvalue weighted by atomic mass is 9.58. The maximum Gasteiger partial charge on any atom is 0.221 e. The monoisotopic (exact) mass is 472 g/mol. The van der Waals surface area contributed by atoms with Gasteiger partial charge in [0.05, 0.1) is 16.4 Å². The van der Waals surface area contributed by atoms with E-state index >= 15 is 4.39 Å². The van der Waals surface area contributed by atoms with Crippen molar-refractivity contribution in [2.75, 3.05) is 0 Å². The smallest absolute Gasteiger partial charge is 0.206 e. The molecule has 2 atom stereocenters. The first-order chi connectivity index (χ1) is 16.7. The molecule has 1 aliphatic heterocycles. The second kappa shape index (κ2) is 8.71. The van der Waals surface area contributed by atoms with E-state index in [9.17, 15) is 0 Å². The summed E-state index contributed by atoms with van der Waals surface area (Å²) in [6, 6.07) is 9.36. The van der Waals surface area contributed by atoms with Gasteiger partial charge in [-0.15, -0.1) is 0 Å². The molecule has 2 aromatic carbocycles. The van der Waals surface area contributed by atoms with Crippen LogP contribution in [0.15, 0.2) is 30.5 Å². The van der Waals surface area contributed by atoms with Gasteiger partial charge in [-0.2, -0.15) is 4.57 Å². The molecule has 0 amide bonds. The van der Waals surface area contributed by atoms with Gasteiger partial charge in [-0.1, -0.05) is 79.0 Å². The molecule has 186 valence electrons. The van der Waals surface area contributed by atoms with Gasteiger partial charge < -0.3 is 0 Å². The molecule has 2 heteroatoms. The number of rotatable bonds is 8. The van der Waals surface area contributed by atoms with Gasteiger partial charge in [0.2, 0.25) is 5.69 Å². The average Bonchev–Trinajstić information content (AvgIpc) is 2.84. The highest BCUT2D eigenvalue weighted by atomic mass is 19.1. The van der Waals surface area contributed by atoms with Crippen LogP contribution in [0, 0.1) is 18.7 Å². The fourth-order valence-corrected chi connectivity index (χ4v) is 7.63. The molecule has 0 saturated heterocycles. The first kappa shape index (κ1) is 24.5. The molecule has 35 heavy (non-hydrogen) atoms. The number of halogens is 1. The molecule has 3 aromatic rings. The van der Waals surface area contributed by atoms with Crippen molar-refractivity contribution < 1.29 is 8.96 Å². The van der Waals surface area contributed by atoms with Gasteiger partial charge in [0.25, 0.3) is 0 Å². The number of unbranched alkanes of at least 4 members (excludes halogenated alkanes) is 1. The minimum absolute atomic E-state index is 0.00245. The van der Waals surface area contributed by atoms with Crippen LogP contribution in [0.2, 0.25) is 0 Å². The van der Waals surface area contributed by atoms with Crippen molar-refractivity contribution in [3.63, 3.8) is 0 Å². The molecule has 0 fully saturated rings. The lowest BCUT2D eigenvalue weighted by Gasteiger charge is -2.45. The van der Waals surface area contributed by atoms with Crippen molar-refractivity contribution in [3.8, 4) is 11.3 Å². The number of benzene rings is 2. The van der Waals surface area contributed by atoms with E-state index in [1.54, 1.807) is 0 Å². The van der Waals surface area contributed by atoms with Crippen molar-refractivity contribution in [1.29, 1.82) is 0 Å². The van der Waals surface area contributed by atoms with Gasteiger partial charge in [-0.05, 0) is 66.2 Å². The number of aryl methyl sites for hydroxylation is 2. The van der Waals surface area contributed by atoms with Gasteiger partial charge in [-0.25, -0.2) is 4.39 Å². The first-order valence-electron chi connectivity index (χ1n) is 14.1. The Balaban J connectivity index is 1.92. The van der Waals surface area contributed by atoms with Crippen molar-refractivity contribution in [2.24, 2.45) is 5.92 Å². The fourth-order valence-electron chi connectivity index (χ4n) is 7.63. The van der Waals surface area contributed by atoms with Gasteiger partial charge in [0, 0.05) is 17.0 Å². The van der Waals surface area contributed by atoms with Crippen LogP contribution in [0.4, 0.5) is 4.39 Å². The van der Waals surface area contributed by atoms with Crippen molar-refractivity contribution in [3.05, 3.63) is 64.1 Å². The van der Waals surface area contributed by atoms with E-state index in [1.165, 1.54) is 64.4 Å². The zero-order valence-electron chi connectivity index (χ0n) is 22.9. The van der Waals surface area contributed by atoms with E-state index in [0.29, 0.717) is 5.92 Å². The van der Waals surface area contributed by atoms with E-state index < -0.39 is 0 Å². The summed E-state index contributed by atoms with van der Waals surface area (Å²) in [4.78, 5) is 0. The van der Waals surface area contributed by atoms with Crippen molar-refractivity contribution >= 4 is 10.8 Å². The molecule has 0 bridgehead atoms. The molecule has 5 rings (SSSR count). The lowest BCUT2D eigenvalue weighted by Crippen LogP contribution is -2.55. The van der Waals surface area contributed by atoms with Crippen molar-refractivity contribution in [1.82, 2.24) is 0 Å². The number of hydrogen-bond acceptors (Lipinski definition) is 0. The van der Waals surface area contributed by atoms with E-state index in [2.05, 4.69) is 76.6 Å².